The van der Waals surface area contributed by atoms with E-state index in [1.807, 2.05) is 12.4 Å². The number of aromatic nitrogens is 1. The first-order valence-electron chi connectivity index (χ1n) is 6.35. The maximum atomic E-state index is 5.96. The van der Waals surface area contributed by atoms with Gasteiger partial charge in [-0.05, 0) is 69.1 Å². The Hall–Kier alpha value is -0.270. The molecule has 0 fully saturated rings. The molecule has 1 unspecified atom stereocenters. The highest BCUT2D eigenvalue weighted by Gasteiger charge is 2.18. The minimum Gasteiger partial charge on any atom is -0.329 e. The number of nitrogens with two attached hydrogens (primary N) is 1. The molecular formula is C14H17Br2N3S. The zero-order valence-corrected chi connectivity index (χ0v) is 15.2. The Labute approximate surface area is 140 Å². The van der Waals surface area contributed by atoms with Crippen LogP contribution in [0.3, 0.4) is 0 Å². The fourth-order valence-corrected chi connectivity index (χ4v) is 4.32. The Balaban J connectivity index is 2.00. The molecule has 0 radical (unpaired) electrons. The van der Waals surface area contributed by atoms with Gasteiger partial charge in [-0.1, -0.05) is 0 Å². The Kier molecular flexibility index (Phi) is 6.17. The molecule has 0 saturated carbocycles. The highest BCUT2D eigenvalue weighted by atomic mass is 79.9. The molecule has 0 aromatic carbocycles. The average Bonchev–Trinajstić information content (AvgIpc) is 2.78. The molecule has 0 bridgehead atoms. The zero-order valence-electron chi connectivity index (χ0n) is 11.2. The second-order valence-electron chi connectivity index (χ2n) is 4.61. The normalized spacial score (nSPS) is 12.8. The van der Waals surface area contributed by atoms with Gasteiger partial charge in [-0.25, -0.2) is 0 Å². The van der Waals surface area contributed by atoms with E-state index >= 15 is 0 Å². The van der Waals surface area contributed by atoms with E-state index < -0.39 is 0 Å². The molecule has 0 aliphatic rings. The monoisotopic (exact) mass is 417 g/mol. The SMILES string of the molecule is CN(CCc1ccncc1)C(CN)c1cc(Br)c(Br)s1. The smallest absolute Gasteiger partial charge is 0.0843 e. The molecule has 2 rings (SSSR count). The summed E-state index contributed by atoms with van der Waals surface area (Å²) in [5.41, 5.74) is 7.26. The average molecular weight is 419 g/mol. The maximum Gasteiger partial charge on any atom is 0.0843 e. The van der Waals surface area contributed by atoms with Crippen molar-refractivity contribution in [1.82, 2.24) is 9.88 Å². The number of hydrogen-bond donors (Lipinski definition) is 1. The van der Waals surface area contributed by atoms with E-state index in [1.54, 1.807) is 11.3 Å². The Morgan fingerprint density at radius 3 is 2.60 bits per heavy atom. The van der Waals surface area contributed by atoms with E-state index in [0.29, 0.717) is 6.54 Å². The minimum absolute atomic E-state index is 0.254. The highest BCUT2D eigenvalue weighted by molar-refractivity contribution is 9.13. The lowest BCUT2D eigenvalue weighted by Crippen LogP contribution is -2.31. The molecule has 2 N–H and O–H groups in total. The van der Waals surface area contributed by atoms with Crippen molar-refractivity contribution in [2.75, 3.05) is 20.1 Å². The summed E-state index contributed by atoms with van der Waals surface area (Å²) in [5, 5.41) is 0. The van der Waals surface area contributed by atoms with Gasteiger partial charge in [0.1, 0.15) is 0 Å². The van der Waals surface area contributed by atoms with Crippen molar-refractivity contribution in [2.45, 2.75) is 12.5 Å². The largest absolute Gasteiger partial charge is 0.329 e. The molecule has 3 nitrogen and oxygen atoms in total. The van der Waals surface area contributed by atoms with Gasteiger partial charge < -0.3 is 5.73 Å². The first kappa shape index (κ1) is 16.1. The van der Waals surface area contributed by atoms with Gasteiger partial charge in [-0.2, -0.15) is 0 Å². The number of thiophene rings is 1. The van der Waals surface area contributed by atoms with Crippen molar-refractivity contribution in [3.63, 3.8) is 0 Å². The fraction of sp³-hybridized carbons (Fsp3) is 0.357. The quantitative estimate of drug-likeness (QED) is 0.774. The fourth-order valence-electron chi connectivity index (χ4n) is 2.05. The van der Waals surface area contributed by atoms with Gasteiger partial charge in [0.15, 0.2) is 0 Å². The molecule has 0 aliphatic carbocycles. The maximum absolute atomic E-state index is 5.96. The molecule has 0 amide bonds. The number of halogens is 2. The summed E-state index contributed by atoms with van der Waals surface area (Å²) < 4.78 is 2.21. The van der Waals surface area contributed by atoms with Crippen LogP contribution in [-0.4, -0.2) is 30.0 Å². The predicted molar refractivity (Wildman–Crippen MR) is 92.1 cm³/mol. The van der Waals surface area contributed by atoms with E-state index in [4.69, 9.17) is 5.73 Å². The van der Waals surface area contributed by atoms with Crippen LogP contribution in [0.25, 0.3) is 0 Å². The van der Waals surface area contributed by atoms with Crippen LogP contribution < -0.4 is 5.73 Å². The molecule has 2 heterocycles. The number of pyridine rings is 1. The van der Waals surface area contributed by atoms with E-state index in [-0.39, 0.29) is 6.04 Å². The molecule has 1 atom stereocenters. The minimum atomic E-state index is 0.254. The third-order valence-corrected chi connectivity index (χ3v) is 6.61. The van der Waals surface area contributed by atoms with Gasteiger partial charge in [0.2, 0.25) is 0 Å². The number of hydrogen-bond acceptors (Lipinski definition) is 4. The highest BCUT2D eigenvalue weighted by Crippen LogP contribution is 2.36. The number of nitrogens with zero attached hydrogens (tertiary/aromatic N) is 2. The van der Waals surface area contributed by atoms with Crippen molar-refractivity contribution < 1.29 is 0 Å². The molecule has 2 aromatic heterocycles. The van der Waals surface area contributed by atoms with Gasteiger partial charge in [-0.15, -0.1) is 11.3 Å². The van der Waals surface area contributed by atoms with Crippen LogP contribution in [0.4, 0.5) is 0 Å². The van der Waals surface area contributed by atoms with E-state index in [2.05, 4.69) is 67.0 Å². The van der Waals surface area contributed by atoms with Crippen LogP contribution in [0.5, 0.6) is 0 Å². The van der Waals surface area contributed by atoms with E-state index in [9.17, 15) is 0 Å². The molecule has 6 heteroatoms. The van der Waals surface area contributed by atoms with Gasteiger partial charge in [0.25, 0.3) is 0 Å². The number of likely N-dealkylation sites (N-methyl/N-ethyl adjacent to an activating group) is 1. The Bertz CT molecular complexity index is 525. The topological polar surface area (TPSA) is 42.2 Å². The van der Waals surface area contributed by atoms with Crippen molar-refractivity contribution >= 4 is 43.2 Å². The molecule has 0 saturated heterocycles. The van der Waals surface area contributed by atoms with Crippen molar-refractivity contribution in [2.24, 2.45) is 5.73 Å². The van der Waals surface area contributed by atoms with Crippen LogP contribution in [0.2, 0.25) is 0 Å². The van der Waals surface area contributed by atoms with Crippen LogP contribution in [0, 0.1) is 0 Å². The molecule has 20 heavy (non-hydrogen) atoms. The lowest BCUT2D eigenvalue weighted by Gasteiger charge is -2.26. The van der Waals surface area contributed by atoms with Crippen LogP contribution in [0.1, 0.15) is 16.5 Å². The lowest BCUT2D eigenvalue weighted by molar-refractivity contribution is 0.256. The summed E-state index contributed by atoms with van der Waals surface area (Å²) in [6.45, 7) is 1.59. The zero-order chi connectivity index (χ0) is 14.5. The van der Waals surface area contributed by atoms with Gasteiger partial charge >= 0.3 is 0 Å². The number of rotatable bonds is 6. The molecule has 2 aromatic rings. The summed E-state index contributed by atoms with van der Waals surface area (Å²) in [7, 11) is 2.13. The van der Waals surface area contributed by atoms with Gasteiger partial charge in [0.05, 0.1) is 9.83 Å². The molecule has 108 valence electrons. The summed E-state index contributed by atoms with van der Waals surface area (Å²) in [6, 6.07) is 6.52. The Morgan fingerprint density at radius 1 is 1.35 bits per heavy atom. The van der Waals surface area contributed by atoms with E-state index in [0.717, 1.165) is 21.2 Å². The molecule has 0 aliphatic heterocycles. The first-order chi connectivity index (χ1) is 9.61. The van der Waals surface area contributed by atoms with Gasteiger partial charge in [0, 0.05) is 34.8 Å². The lowest BCUT2D eigenvalue weighted by atomic mass is 10.1. The molecule has 0 spiro atoms. The Morgan fingerprint density at radius 2 is 2.05 bits per heavy atom. The second kappa shape index (κ2) is 7.66. The standard InChI is InChI=1S/C14H17Br2N3S/c1-19(7-4-10-2-5-18-6-3-10)12(9-17)13-8-11(15)14(16)20-13/h2-3,5-6,8,12H,4,7,9,17H2,1H3. The third kappa shape index (κ3) is 4.11. The first-order valence-corrected chi connectivity index (χ1v) is 8.76. The van der Waals surface area contributed by atoms with Crippen molar-refractivity contribution in [1.29, 1.82) is 0 Å². The van der Waals surface area contributed by atoms with Crippen molar-refractivity contribution in [3.8, 4) is 0 Å². The predicted octanol–water partition coefficient (Wildman–Crippen LogP) is 3.84. The summed E-state index contributed by atoms with van der Waals surface area (Å²) in [5.74, 6) is 0. The summed E-state index contributed by atoms with van der Waals surface area (Å²) in [4.78, 5) is 7.63. The van der Waals surface area contributed by atoms with Crippen LogP contribution >= 0.6 is 43.2 Å². The van der Waals surface area contributed by atoms with E-state index in [1.165, 1.54) is 10.4 Å². The summed E-state index contributed by atoms with van der Waals surface area (Å²) in [6.07, 6.45) is 4.68. The van der Waals surface area contributed by atoms with Crippen molar-refractivity contribution in [3.05, 3.63) is 49.3 Å². The van der Waals surface area contributed by atoms with Gasteiger partial charge in [-0.3, -0.25) is 9.88 Å². The second-order valence-corrected chi connectivity index (χ2v) is 7.86. The summed E-state index contributed by atoms with van der Waals surface area (Å²) >= 11 is 8.81. The van der Waals surface area contributed by atoms with Crippen LogP contribution in [-0.2, 0) is 6.42 Å². The molecular weight excluding hydrogens is 402 g/mol. The van der Waals surface area contributed by atoms with Crippen LogP contribution in [0.15, 0.2) is 38.9 Å². The third-order valence-electron chi connectivity index (χ3n) is 3.25.